The summed E-state index contributed by atoms with van der Waals surface area (Å²) in [6, 6.07) is 3.94. The fourth-order valence-corrected chi connectivity index (χ4v) is 2.64. The maximum atomic E-state index is 5.63. The smallest absolute Gasteiger partial charge is 0.123 e. The van der Waals surface area contributed by atoms with Crippen molar-refractivity contribution in [3.8, 4) is 0 Å². The summed E-state index contributed by atoms with van der Waals surface area (Å²) >= 11 is 0. The van der Waals surface area contributed by atoms with Gasteiger partial charge in [0.15, 0.2) is 0 Å². The minimum atomic E-state index is 0.589. The highest BCUT2D eigenvalue weighted by molar-refractivity contribution is 5.48. The van der Waals surface area contributed by atoms with Crippen LogP contribution >= 0.6 is 0 Å². The first-order chi connectivity index (χ1) is 9.72. The lowest BCUT2D eigenvalue weighted by atomic mass is 10.2. The zero-order chi connectivity index (χ0) is 14.4. The van der Waals surface area contributed by atoms with Gasteiger partial charge in [0.1, 0.15) is 5.82 Å². The van der Waals surface area contributed by atoms with Crippen molar-refractivity contribution in [2.45, 2.75) is 13.8 Å². The third kappa shape index (κ3) is 4.08. The van der Waals surface area contributed by atoms with E-state index in [1.807, 2.05) is 12.3 Å². The fraction of sp³-hybridized carbons (Fsp3) is 0.667. The van der Waals surface area contributed by atoms with Crippen molar-refractivity contribution in [1.82, 2.24) is 14.8 Å². The van der Waals surface area contributed by atoms with Crippen LogP contribution in [0.2, 0.25) is 0 Å². The van der Waals surface area contributed by atoms with Gasteiger partial charge >= 0.3 is 0 Å². The lowest BCUT2D eigenvalue weighted by molar-refractivity contribution is 0.206. The van der Waals surface area contributed by atoms with Crippen molar-refractivity contribution in [1.29, 1.82) is 0 Å². The predicted octanol–water partition coefficient (Wildman–Crippen LogP) is 1.13. The van der Waals surface area contributed by atoms with Crippen molar-refractivity contribution in [3.05, 3.63) is 18.3 Å². The number of nitrogen functional groups attached to an aromatic ring is 1. The summed E-state index contributed by atoms with van der Waals surface area (Å²) in [4.78, 5) is 11.6. The molecule has 5 heteroatoms. The lowest BCUT2D eigenvalue weighted by Gasteiger charge is -2.36. The number of likely N-dealkylation sites (N-methyl/N-ethyl adjacent to an activating group) is 1. The maximum Gasteiger partial charge on any atom is 0.123 e. The molecule has 2 N–H and O–H groups in total. The molecule has 1 fully saturated rings. The molecule has 20 heavy (non-hydrogen) atoms. The number of anilines is 2. The van der Waals surface area contributed by atoms with E-state index in [0.29, 0.717) is 5.82 Å². The fourth-order valence-electron chi connectivity index (χ4n) is 2.64. The largest absolute Gasteiger partial charge is 0.384 e. The van der Waals surface area contributed by atoms with E-state index in [0.717, 1.165) is 39.3 Å². The molecule has 0 saturated carbocycles. The van der Waals surface area contributed by atoms with E-state index in [4.69, 9.17) is 5.73 Å². The van der Waals surface area contributed by atoms with Crippen LogP contribution in [0, 0.1) is 0 Å². The van der Waals surface area contributed by atoms with Crippen LogP contribution < -0.4 is 10.6 Å². The molecular formula is C15H27N5. The van der Waals surface area contributed by atoms with E-state index in [-0.39, 0.29) is 0 Å². The highest BCUT2D eigenvalue weighted by atomic mass is 15.3. The van der Waals surface area contributed by atoms with Gasteiger partial charge in [0, 0.05) is 39.3 Å². The molecule has 0 amide bonds. The third-order valence-corrected chi connectivity index (χ3v) is 4.14. The number of nitrogens with two attached hydrogens (primary N) is 1. The second-order valence-electron chi connectivity index (χ2n) is 5.30. The number of pyridine rings is 1. The van der Waals surface area contributed by atoms with Crippen LogP contribution in [-0.2, 0) is 0 Å². The van der Waals surface area contributed by atoms with E-state index in [1.165, 1.54) is 18.8 Å². The average molecular weight is 277 g/mol. The summed E-state index contributed by atoms with van der Waals surface area (Å²) in [5, 5.41) is 0. The summed E-state index contributed by atoms with van der Waals surface area (Å²) in [5.74, 6) is 0.589. The molecule has 1 aromatic heterocycles. The molecule has 112 valence electrons. The Bertz CT molecular complexity index is 380. The van der Waals surface area contributed by atoms with Gasteiger partial charge in [0.2, 0.25) is 0 Å². The molecule has 1 saturated heterocycles. The molecule has 5 nitrogen and oxygen atoms in total. The Kier molecular flexibility index (Phi) is 5.61. The number of hydrogen-bond donors (Lipinski definition) is 1. The van der Waals surface area contributed by atoms with Crippen LogP contribution in [0.4, 0.5) is 11.5 Å². The van der Waals surface area contributed by atoms with Crippen LogP contribution in [0.25, 0.3) is 0 Å². The van der Waals surface area contributed by atoms with E-state index in [2.05, 4.69) is 39.6 Å². The number of rotatable bonds is 6. The molecule has 0 aliphatic carbocycles. The highest BCUT2D eigenvalue weighted by Gasteiger charge is 2.17. The normalized spacial score (nSPS) is 16.9. The van der Waals surface area contributed by atoms with Gasteiger partial charge in [0.25, 0.3) is 0 Å². The van der Waals surface area contributed by atoms with E-state index in [1.54, 1.807) is 0 Å². The van der Waals surface area contributed by atoms with Gasteiger partial charge in [-0.2, -0.15) is 0 Å². The topological polar surface area (TPSA) is 48.6 Å². The van der Waals surface area contributed by atoms with Crippen molar-refractivity contribution >= 4 is 11.5 Å². The highest BCUT2D eigenvalue weighted by Crippen LogP contribution is 2.16. The number of hydrogen-bond acceptors (Lipinski definition) is 5. The van der Waals surface area contributed by atoms with E-state index < -0.39 is 0 Å². The molecule has 1 aliphatic heterocycles. The number of piperazine rings is 1. The Labute approximate surface area is 122 Å². The monoisotopic (exact) mass is 277 g/mol. The predicted molar refractivity (Wildman–Crippen MR) is 85.1 cm³/mol. The van der Waals surface area contributed by atoms with E-state index in [9.17, 15) is 0 Å². The zero-order valence-electron chi connectivity index (χ0n) is 12.8. The molecule has 1 aliphatic rings. The van der Waals surface area contributed by atoms with Crippen molar-refractivity contribution in [3.63, 3.8) is 0 Å². The number of nitrogens with zero attached hydrogens (tertiary/aromatic N) is 4. The Morgan fingerprint density at radius 3 is 2.40 bits per heavy atom. The van der Waals surface area contributed by atoms with Gasteiger partial charge in [-0.1, -0.05) is 13.8 Å². The Morgan fingerprint density at radius 2 is 1.85 bits per heavy atom. The maximum absolute atomic E-state index is 5.63. The number of aromatic nitrogens is 1. The van der Waals surface area contributed by atoms with Crippen LogP contribution in [0.3, 0.4) is 0 Å². The SMILES string of the molecule is CCN(CC)CCN1CCN(c2ccc(N)nc2)CC1. The second-order valence-corrected chi connectivity index (χ2v) is 5.30. The minimum Gasteiger partial charge on any atom is -0.384 e. The Hall–Kier alpha value is -1.33. The first-order valence-electron chi connectivity index (χ1n) is 7.64. The van der Waals surface area contributed by atoms with E-state index >= 15 is 0 Å². The van der Waals surface area contributed by atoms with Gasteiger partial charge in [-0.25, -0.2) is 4.98 Å². The van der Waals surface area contributed by atoms with Gasteiger partial charge in [-0.3, -0.25) is 4.90 Å². The van der Waals surface area contributed by atoms with Crippen LogP contribution in [0.15, 0.2) is 18.3 Å². The van der Waals surface area contributed by atoms with Crippen molar-refractivity contribution < 1.29 is 0 Å². The Balaban J connectivity index is 1.76. The molecule has 2 heterocycles. The molecule has 0 radical (unpaired) electrons. The standard InChI is InChI=1S/C15H27N5/c1-3-18(4-2)7-8-19-9-11-20(12-10-19)14-5-6-15(16)17-13-14/h5-6,13H,3-4,7-12H2,1-2H3,(H2,16,17). The molecule has 0 atom stereocenters. The molecule has 0 bridgehead atoms. The van der Waals surface area contributed by atoms with Crippen molar-refractivity contribution in [2.24, 2.45) is 0 Å². The zero-order valence-corrected chi connectivity index (χ0v) is 12.8. The van der Waals surface area contributed by atoms with Crippen LogP contribution in [0.5, 0.6) is 0 Å². The Morgan fingerprint density at radius 1 is 1.15 bits per heavy atom. The van der Waals surface area contributed by atoms with Gasteiger partial charge in [-0.05, 0) is 25.2 Å². The molecule has 1 aromatic rings. The molecule has 0 spiro atoms. The second kappa shape index (κ2) is 7.45. The third-order valence-electron chi connectivity index (χ3n) is 4.14. The van der Waals surface area contributed by atoms with Gasteiger partial charge < -0.3 is 15.5 Å². The summed E-state index contributed by atoms with van der Waals surface area (Å²) < 4.78 is 0. The summed E-state index contributed by atoms with van der Waals surface area (Å²) in [6.07, 6.45) is 1.88. The molecular weight excluding hydrogens is 250 g/mol. The van der Waals surface area contributed by atoms with Crippen LogP contribution in [-0.4, -0.2) is 67.1 Å². The summed E-state index contributed by atoms with van der Waals surface area (Å²) in [6.45, 7) is 13.5. The first-order valence-corrected chi connectivity index (χ1v) is 7.64. The minimum absolute atomic E-state index is 0.589. The van der Waals surface area contributed by atoms with Crippen LogP contribution in [0.1, 0.15) is 13.8 Å². The van der Waals surface area contributed by atoms with Gasteiger partial charge in [-0.15, -0.1) is 0 Å². The quantitative estimate of drug-likeness (QED) is 0.844. The lowest BCUT2D eigenvalue weighted by Crippen LogP contribution is -2.48. The molecule has 2 rings (SSSR count). The van der Waals surface area contributed by atoms with Crippen molar-refractivity contribution in [2.75, 3.05) is 63.0 Å². The summed E-state index contributed by atoms with van der Waals surface area (Å²) in [7, 11) is 0. The first kappa shape index (κ1) is 15.1. The average Bonchev–Trinajstić information content (AvgIpc) is 2.50. The molecule has 0 aromatic carbocycles. The summed E-state index contributed by atoms with van der Waals surface area (Å²) in [5.41, 5.74) is 6.81. The van der Waals surface area contributed by atoms with Gasteiger partial charge in [0.05, 0.1) is 11.9 Å². The molecule has 0 unspecified atom stereocenters.